The molecular weight excluding hydrogens is 302 g/mol. The molecule has 3 nitrogen and oxygen atoms in total. The minimum atomic E-state index is 0.654. The van der Waals surface area contributed by atoms with Gasteiger partial charge >= 0.3 is 0 Å². The monoisotopic (exact) mass is 317 g/mol. The summed E-state index contributed by atoms with van der Waals surface area (Å²) in [5.74, 6) is 0.678. The summed E-state index contributed by atoms with van der Waals surface area (Å²) in [5, 5.41) is 19.3. The van der Waals surface area contributed by atoms with E-state index in [2.05, 4.69) is 16.3 Å². The Labute approximate surface area is 134 Å². The summed E-state index contributed by atoms with van der Waals surface area (Å²) in [4.78, 5) is 0. The van der Waals surface area contributed by atoms with Gasteiger partial charge in [0.05, 0.1) is 11.3 Å². The molecule has 0 saturated carbocycles. The van der Waals surface area contributed by atoms with Crippen LogP contribution in [-0.4, -0.2) is 10.2 Å². The normalized spacial score (nSPS) is 10.4. The van der Waals surface area contributed by atoms with E-state index in [1.54, 1.807) is 0 Å². The molecule has 5 heteroatoms. The number of thioether (sulfide) groups is 1. The molecule has 0 atom stereocenters. The Hall–Kier alpha value is -1.57. The summed E-state index contributed by atoms with van der Waals surface area (Å²) in [5.41, 5.74) is 3.61. The van der Waals surface area contributed by atoms with E-state index in [4.69, 9.17) is 11.6 Å². The predicted molar refractivity (Wildman–Crippen MR) is 86.5 cm³/mol. The van der Waals surface area contributed by atoms with Gasteiger partial charge in [-0.1, -0.05) is 55.4 Å². The third-order valence-corrected chi connectivity index (χ3v) is 4.63. The predicted octanol–water partition coefficient (Wildman–Crippen LogP) is 4.42. The molecule has 0 bridgehead atoms. The van der Waals surface area contributed by atoms with E-state index >= 15 is 0 Å². The summed E-state index contributed by atoms with van der Waals surface area (Å²) in [7, 11) is 0. The zero-order valence-corrected chi connectivity index (χ0v) is 13.6. The summed E-state index contributed by atoms with van der Waals surface area (Å²) in [6.07, 6.45) is 1.58. The Morgan fingerprint density at radius 2 is 1.95 bits per heavy atom. The zero-order valence-electron chi connectivity index (χ0n) is 12.1. The first kappa shape index (κ1) is 15.8. The Kier molecular flexibility index (Phi) is 5.60. The Balaban J connectivity index is 2.29. The fourth-order valence-electron chi connectivity index (χ4n) is 2.13. The van der Waals surface area contributed by atoms with Crippen LogP contribution in [0.3, 0.4) is 0 Å². The van der Waals surface area contributed by atoms with Crippen molar-refractivity contribution < 1.29 is 0 Å². The van der Waals surface area contributed by atoms with Gasteiger partial charge < -0.3 is 0 Å². The van der Waals surface area contributed by atoms with Crippen LogP contribution in [0, 0.1) is 11.3 Å². The molecule has 0 aliphatic carbocycles. The maximum absolute atomic E-state index is 9.44. The lowest BCUT2D eigenvalue weighted by atomic mass is 10.1. The molecule has 108 valence electrons. The van der Waals surface area contributed by atoms with E-state index in [1.807, 2.05) is 38.1 Å². The average molecular weight is 318 g/mol. The number of halogens is 1. The second-order valence-electron chi connectivity index (χ2n) is 4.50. The van der Waals surface area contributed by atoms with Crippen molar-refractivity contribution in [3.05, 3.63) is 51.7 Å². The summed E-state index contributed by atoms with van der Waals surface area (Å²) in [6.45, 7) is 4.07. The first-order chi connectivity index (χ1) is 10.2. The van der Waals surface area contributed by atoms with Crippen LogP contribution >= 0.6 is 23.4 Å². The van der Waals surface area contributed by atoms with E-state index in [-0.39, 0.29) is 0 Å². The SMILES string of the molecule is CCc1nnc(SCc2ccccc2Cl)c(C#N)c1CC. The first-order valence-electron chi connectivity index (χ1n) is 6.85. The van der Waals surface area contributed by atoms with E-state index in [0.29, 0.717) is 16.3 Å². The molecule has 1 aromatic carbocycles. The van der Waals surface area contributed by atoms with Crippen LogP contribution in [0.25, 0.3) is 0 Å². The van der Waals surface area contributed by atoms with Crippen LogP contribution < -0.4 is 0 Å². The molecule has 2 aromatic rings. The highest BCUT2D eigenvalue weighted by Gasteiger charge is 2.15. The molecule has 1 heterocycles. The van der Waals surface area contributed by atoms with Crippen molar-refractivity contribution in [2.24, 2.45) is 0 Å². The number of nitriles is 1. The van der Waals surface area contributed by atoms with Crippen LogP contribution in [0.2, 0.25) is 5.02 Å². The number of nitrogens with zero attached hydrogens (tertiary/aromatic N) is 3. The molecule has 0 N–H and O–H groups in total. The molecule has 21 heavy (non-hydrogen) atoms. The number of aromatic nitrogens is 2. The highest BCUT2D eigenvalue weighted by atomic mass is 35.5. The minimum absolute atomic E-state index is 0.654. The van der Waals surface area contributed by atoms with Gasteiger partial charge in [-0.25, -0.2) is 0 Å². The number of aryl methyl sites for hydroxylation is 1. The lowest BCUT2D eigenvalue weighted by molar-refractivity contribution is 0.817. The molecule has 0 unspecified atom stereocenters. The molecule has 0 fully saturated rings. The molecule has 0 spiro atoms. The third-order valence-electron chi connectivity index (χ3n) is 3.25. The number of hydrogen-bond acceptors (Lipinski definition) is 4. The summed E-state index contributed by atoms with van der Waals surface area (Å²) < 4.78 is 0. The summed E-state index contributed by atoms with van der Waals surface area (Å²) in [6, 6.07) is 9.99. The standard InChI is InChI=1S/C16H16ClN3S/c1-3-12-13(9-18)16(20-19-15(12)4-2)21-10-11-7-5-6-8-14(11)17/h5-8H,3-4,10H2,1-2H3. The van der Waals surface area contributed by atoms with Crippen LogP contribution in [0.4, 0.5) is 0 Å². The van der Waals surface area contributed by atoms with Crippen LogP contribution in [0.15, 0.2) is 29.3 Å². The second-order valence-corrected chi connectivity index (χ2v) is 5.88. The third kappa shape index (κ3) is 3.55. The lowest BCUT2D eigenvalue weighted by Gasteiger charge is -2.10. The summed E-state index contributed by atoms with van der Waals surface area (Å²) >= 11 is 7.66. The van der Waals surface area contributed by atoms with Gasteiger partial charge in [-0.15, -0.1) is 5.10 Å². The van der Waals surface area contributed by atoms with Crippen molar-refractivity contribution in [3.8, 4) is 6.07 Å². The fourth-order valence-corrected chi connectivity index (χ4v) is 3.37. The average Bonchev–Trinajstić information content (AvgIpc) is 2.52. The van der Waals surface area contributed by atoms with Gasteiger partial charge in [0.2, 0.25) is 0 Å². The van der Waals surface area contributed by atoms with E-state index in [9.17, 15) is 5.26 Å². The molecule has 0 aliphatic heterocycles. The first-order valence-corrected chi connectivity index (χ1v) is 8.22. The fraction of sp³-hybridized carbons (Fsp3) is 0.312. The van der Waals surface area contributed by atoms with Crippen molar-refractivity contribution >= 4 is 23.4 Å². The van der Waals surface area contributed by atoms with E-state index in [0.717, 1.165) is 34.7 Å². The largest absolute Gasteiger partial charge is 0.192 e. The van der Waals surface area contributed by atoms with Crippen LogP contribution in [0.5, 0.6) is 0 Å². The molecule has 0 aliphatic rings. The van der Waals surface area contributed by atoms with Crippen molar-refractivity contribution in [2.45, 2.75) is 37.5 Å². The van der Waals surface area contributed by atoms with Gasteiger partial charge in [0.15, 0.2) is 0 Å². The van der Waals surface area contributed by atoms with Gasteiger partial charge in [0.1, 0.15) is 11.1 Å². The van der Waals surface area contributed by atoms with Gasteiger partial charge in [-0.2, -0.15) is 10.4 Å². The quantitative estimate of drug-likeness (QED) is 0.766. The maximum atomic E-state index is 9.44. The lowest BCUT2D eigenvalue weighted by Crippen LogP contribution is -2.04. The molecule has 0 saturated heterocycles. The molecule has 2 rings (SSSR count). The highest BCUT2D eigenvalue weighted by molar-refractivity contribution is 7.98. The van der Waals surface area contributed by atoms with Crippen molar-refractivity contribution in [1.29, 1.82) is 5.26 Å². The highest BCUT2D eigenvalue weighted by Crippen LogP contribution is 2.29. The van der Waals surface area contributed by atoms with Crippen LogP contribution in [0.1, 0.15) is 36.2 Å². The Morgan fingerprint density at radius 1 is 1.19 bits per heavy atom. The van der Waals surface area contributed by atoms with E-state index in [1.165, 1.54) is 11.8 Å². The number of benzene rings is 1. The Morgan fingerprint density at radius 3 is 2.57 bits per heavy atom. The van der Waals surface area contributed by atoms with Crippen molar-refractivity contribution in [1.82, 2.24) is 10.2 Å². The number of hydrogen-bond donors (Lipinski definition) is 0. The molecule has 0 amide bonds. The Bertz CT molecular complexity index is 680. The van der Waals surface area contributed by atoms with Gasteiger partial charge in [-0.3, -0.25) is 0 Å². The molecule has 1 aromatic heterocycles. The second kappa shape index (κ2) is 7.44. The number of rotatable bonds is 5. The van der Waals surface area contributed by atoms with Crippen molar-refractivity contribution in [2.75, 3.05) is 0 Å². The van der Waals surface area contributed by atoms with Gasteiger partial charge in [-0.05, 0) is 30.0 Å². The van der Waals surface area contributed by atoms with Gasteiger partial charge in [0, 0.05) is 10.8 Å². The van der Waals surface area contributed by atoms with E-state index < -0.39 is 0 Å². The van der Waals surface area contributed by atoms with Gasteiger partial charge in [0.25, 0.3) is 0 Å². The van der Waals surface area contributed by atoms with Crippen molar-refractivity contribution in [3.63, 3.8) is 0 Å². The molecular formula is C16H16ClN3S. The zero-order chi connectivity index (χ0) is 15.2. The van der Waals surface area contributed by atoms with Crippen LogP contribution in [-0.2, 0) is 18.6 Å². The maximum Gasteiger partial charge on any atom is 0.137 e. The molecule has 0 radical (unpaired) electrons. The minimum Gasteiger partial charge on any atom is -0.192 e. The topological polar surface area (TPSA) is 49.6 Å². The smallest absolute Gasteiger partial charge is 0.137 e.